The van der Waals surface area contributed by atoms with Gasteiger partial charge >= 0.3 is 29.6 Å². The Morgan fingerprint density at radius 1 is 1.45 bits per heavy atom. The van der Waals surface area contributed by atoms with E-state index in [4.69, 9.17) is 0 Å². The molecule has 4 rings (SSSR count). The predicted octanol–water partition coefficient (Wildman–Crippen LogP) is -4.37. The minimum Gasteiger partial charge on any atom is -0.543 e. The van der Waals surface area contributed by atoms with Crippen LogP contribution in [-0.4, -0.2) is 58.9 Å². The van der Waals surface area contributed by atoms with Gasteiger partial charge in [0.15, 0.2) is 0 Å². The molecule has 150 valence electrons. The molecule has 10 nitrogen and oxygen atoms in total. The molecule has 1 fully saturated rings. The van der Waals surface area contributed by atoms with Crippen molar-refractivity contribution in [3.05, 3.63) is 23.1 Å². The number of nitrogens with zero attached hydrogens (tertiary/aromatic N) is 3. The van der Waals surface area contributed by atoms with Gasteiger partial charge in [0.2, 0.25) is 10.9 Å². The van der Waals surface area contributed by atoms with Gasteiger partial charge < -0.3 is 19.9 Å². The Morgan fingerprint density at radius 2 is 2.10 bits per heavy atom. The van der Waals surface area contributed by atoms with Crippen molar-refractivity contribution in [3.63, 3.8) is 0 Å². The van der Waals surface area contributed by atoms with Crippen molar-refractivity contribution < 1.29 is 57.8 Å². The Balaban J connectivity index is 0.00000240. The van der Waals surface area contributed by atoms with E-state index in [2.05, 4.69) is 9.71 Å². The van der Waals surface area contributed by atoms with Gasteiger partial charge in [0.1, 0.15) is 11.2 Å². The van der Waals surface area contributed by atoms with Crippen molar-refractivity contribution in [1.82, 2.24) is 19.0 Å². The summed E-state index contributed by atoms with van der Waals surface area (Å²) in [5.74, 6) is -2.99. The zero-order valence-electron chi connectivity index (χ0n) is 16.1. The quantitative estimate of drug-likeness (QED) is 0.347. The number of aliphatic hydroxyl groups is 1. The minimum atomic E-state index is -3.79. The summed E-state index contributed by atoms with van der Waals surface area (Å²) in [6.07, 6.45) is 2.01. The van der Waals surface area contributed by atoms with Gasteiger partial charge in [-0.25, -0.2) is 18.1 Å². The van der Waals surface area contributed by atoms with Crippen LogP contribution in [0.15, 0.2) is 23.2 Å². The maximum atomic E-state index is 12.4. The Labute approximate surface area is 192 Å². The number of rotatable bonds is 5. The Bertz CT molecular complexity index is 1150. The Hall–Kier alpha value is -1.28. The van der Waals surface area contributed by atoms with Crippen molar-refractivity contribution in [3.8, 4) is 0 Å². The van der Waals surface area contributed by atoms with Crippen molar-refractivity contribution in [1.29, 1.82) is 0 Å². The maximum absolute atomic E-state index is 12.4. The van der Waals surface area contributed by atoms with E-state index in [-0.39, 0.29) is 46.2 Å². The van der Waals surface area contributed by atoms with Crippen molar-refractivity contribution >= 4 is 43.6 Å². The number of nitrogens with one attached hydrogen (secondary N) is 1. The molecule has 2 aliphatic rings. The van der Waals surface area contributed by atoms with E-state index < -0.39 is 40.0 Å². The number of aromatic nitrogens is 2. The molecular weight excluding hydrogens is 431 g/mol. The number of carboxylic acid groups (broad SMARTS) is 1. The van der Waals surface area contributed by atoms with Gasteiger partial charge in [0.05, 0.1) is 34.6 Å². The van der Waals surface area contributed by atoms with Crippen LogP contribution >= 0.6 is 11.3 Å². The third-order valence-corrected chi connectivity index (χ3v) is 7.95. The molecule has 4 atom stereocenters. The van der Waals surface area contributed by atoms with Crippen LogP contribution in [0.3, 0.4) is 0 Å². The Morgan fingerprint density at radius 3 is 2.66 bits per heavy atom. The molecule has 1 amide bonds. The number of sulfonamides is 1. The first-order valence-corrected chi connectivity index (χ1v) is 10.8. The number of carbonyl (C=O) groups is 2. The van der Waals surface area contributed by atoms with Gasteiger partial charge in [-0.3, -0.25) is 9.20 Å². The van der Waals surface area contributed by atoms with Crippen molar-refractivity contribution in [2.75, 3.05) is 7.05 Å². The van der Waals surface area contributed by atoms with Crippen LogP contribution in [0.2, 0.25) is 0 Å². The summed E-state index contributed by atoms with van der Waals surface area (Å²) in [7, 11) is -2.51. The monoisotopic (exact) mass is 448 g/mol. The van der Waals surface area contributed by atoms with Crippen LogP contribution in [-0.2, 0) is 19.6 Å². The Kier molecular flexibility index (Phi) is 5.75. The molecule has 1 saturated heterocycles. The number of β-lactam (4-membered cyclic amide) rings is 1. The van der Waals surface area contributed by atoms with Gasteiger partial charge in [-0.1, -0.05) is 6.92 Å². The summed E-state index contributed by atoms with van der Waals surface area (Å²) in [4.78, 5) is 30.1. The smallest absolute Gasteiger partial charge is 0.543 e. The normalized spacial score (nSPS) is 25.0. The molecule has 0 spiro atoms. The molecule has 2 aromatic heterocycles. The first-order chi connectivity index (χ1) is 13.1. The van der Waals surface area contributed by atoms with Crippen molar-refractivity contribution in [2.45, 2.75) is 31.0 Å². The number of carboxylic acids is 1. The molecule has 13 heteroatoms. The second-order valence-corrected chi connectivity index (χ2v) is 9.70. The first kappa shape index (κ1) is 22.4. The molecule has 4 heterocycles. The molecule has 0 aromatic carbocycles. The number of aliphatic hydroxyl groups excluding tert-OH is 1. The van der Waals surface area contributed by atoms with E-state index in [1.807, 2.05) is 0 Å². The number of hydrogen-bond acceptors (Lipinski definition) is 8. The zero-order chi connectivity index (χ0) is 20.5. The van der Waals surface area contributed by atoms with Crippen LogP contribution in [0.25, 0.3) is 10.4 Å². The second kappa shape index (κ2) is 7.45. The number of carbonyl (C=O) groups excluding carboxylic acids is 2. The largest absolute Gasteiger partial charge is 1.00 e. The molecular formula is C16H17N4NaO6S2. The molecule has 0 bridgehead atoms. The van der Waals surface area contributed by atoms with E-state index in [1.165, 1.54) is 29.6 Å². The number of aliphatic carboxylic acids is 1. The second-order valence-electron chi connectivity index (χ2n) is 6.87. The average Bonchev–Trinajstić information content (AvgIpc) is 3.24. The number of fused-ring (bicyclic) bond motifs is 2. The molecule has 0 aliphatic carbocycles. The fraction of sp³-hybridized carbons (Fsp3) is 0.438. The maximum Gasteiger partial charge on any atom is 1.00 e. The molecule has 0 radical (unpaired) electrons. The van der Waals surface area contributed by atoms with E-state index in [1.54, 1.807) is 13.1 Å². The zero-order valence-corrected chi connectivity index (χ0v) is 19.7. The van der Waals surface area contributed by atoms with Crippen molar-refractivity contribution in [2.24, 2.45) is 11.8 Å². The van der Waals surface area contributed by atoms with E-state index in [0.717, 1.165) is 11.3 Å². The van der Waals surface area contributed by atoms with Gasteiger partial charge in [0.25, 0.3) is 10.0 Å². The summed E-state index contributed by atoms with van der Waals surface area (Å²) >= 11 is 1.07. The molecule has 29 heavy (non-hydrogen) atoms. The van der Waals surface area contributed by atoms with Crippen LogP contribution in [0, 0.1) is 11.8 Å². The van der Waals surface area contributed by atoms with Crippen LogP contribution in [0.1, 0.15) is 18.7 Å². The number of hydrogen-bond donors (Lipinski definition) is 2. The fourth-order valence-electron chi connectivity index (χ4n) is 4.07. The average molecular weight is 448 g/mol. The minimum absolute atomic E-state index is 0. The predicted molar refractivity (Wildman–Crippen MR) is 96.2 cm³/mol. The molecule has 2 aliphatic heterocycles. The third-order valence-electron chi connectivity index (χ3n) is 5.33. The van der Waals surface area contributed by atoms with Gasteiger partial charge in [-0.05, 0) is 14.0 Å². The number of amides is 1. The summed E-state index contributed by atoms with van der Waals surface area (Å²) < 4.78 is 28.0. The van der Waals surface area contributed by atoms with Gasteiger partial charge in [-0.2, -0.15) is 0 Å². The number of imidazole rings is 1. The first-order valence-electron chi connectivity index (χ1n) is 8.47. The summed E-state index contributed by atoms with van der Waals surface area (Å²) in [5.41, 5.74) is 0.165. The molecule has 0 saturated carbocycles. The van der Waals surface area contributed by atoms with Gasteiger partial charge in [0, 0.05) is 17.7 Å². The summed E-state index contributed by atoms with van der Waals surface area (Å²) in [6.45, 7) is 3.28. The van der Waals surface area contributed by atoms with Crippen LogP contribution in [0.4, 0.5) is 0 Å². The fourth-order valence-corrected chi connectivity index (χ4v) is 6.35. The number of thiazole rings is 1. The van der Waals surface area contributed by atoms with Crippen LogP contribution in [0.5, 0.6) is 0 Å². The summed E-state index contributed by atoms with van der Waals surface area (Å²) in [5, 5.41) is 21.6. The van der Waals surface area contributed by atoms with E-state index in [0.29, 0.717) is 15.3 Å². The van der Waals surface area contributed by atoms with E-state index in [9.17, 15) is 28.2 Å². The SMILES string of the molecule is CNS(=O)(=O)c1ncn2cc(C3=C(C(=O)[O-])N4C(=O)[C@H]([C@@H](C)O)[C@H]4[C@H]3C)sc12.[Na+]. The molecule has 2 N–H and O–H groups in total. The summed E-state index contributed by atoms with van der Waals surface area (Å²) in [6, 6.07) is -0.476. The topological polar surface area (TPSA) is 144 Å². The molecule has 2 aromatic rings. The van der Waals surface area contributed by atoms with E-state index >= 15 is 0 Å². The standard InChI is InChI=1S/C16H18N4O6S2.Na/c1-6-9(12(16(23)24)20-11(6)10(7(2)21)14(20)22)8-4-19-5-18-13(15(19)27-8)28(25,26)17-3;/h4-7,10-11,17,21H,1-3H3,(H,23,24);/q;+1/p-1/t6-,7+,10+,11+;/m0./s1. The van der Waals surface area contributed by atoms with Crippen LogP contribution < -0.4 is 39.4 Å². The third kappa shape index (κ3) is 3.09. The van der Waals surface area contributed by atoms with Gasteiger partial charge in [-0.15, -0.1) is 11.3 Å². The molecule has 0 unspecified atom stereocenters.